The van der Waals surface area contributed by atoms with Crippen molar-refractivity contribution in [3.8, 4) is 5.75 Å². The van der Waals surface area contributed by atoms with Crippen molar-refractivity contribution in [1.29, 1.82) is 0 Å². The third kappa shape index (κ3) is 1.41. The van der Waals surface area contributed by atoms with E-state index in [-0.39, 0.29) is 5.75 Å². The number of hydrogen-bond donors (Lipinski definition) is 3. The number of nitrogens with one attached hydrogen (secondary N) is 1. The number of aromatic hydroxyl groups is 1. The molecule has 0 fully saturated rings. The zero-order chi connectivity index (χ0) is 14.7. The maximum absolute atomic E-state index is 11.7. The molecule has 4 rings (SSSR count). The Hall–Kier alpha value is -3.02. The minimum absolute atomic E-state index is 0.131. The first-order valence-electron chi connectivity index (χ1n) is 6.47. The van der Waals surface area contributed by atoms with E-state index in [4.69, 9.17) is 5.73 Å². The molecular formula is C15H12N4O2. The van der Waals surface area contributed by atoms with E-state index in [1.165, 1.54) is 0 Å². The number of carbonyl (C=O) groups is 1. The number of amides is 1. The van der Waals surface area contributed by atoms with Crippen molar-refractivity contribution < 1.29 is 9.90 Å². The summed E-state index contributed by atoms with van der Waals surface area (Å²) in [6.45, 7) is 1.95. The SMILES string of the molecule is Cc1ccc(O)c2[nH]c3c(C(N)=O)cn4ccnc4c3c12. The minimum Gasteiger partial charge on any atom is -0.506 e. The molecule has 3 heterocycles. The average molecular weight is 280 g/mol. The Morgan fingerprint density at radius 2 is 2.14 bits per heavy atom. The first kappa shape index (κ1) is 11.8. The third-order valence-electron chi connectivity index (χ3n) is 3.84. The summed E-state index contributed by atoms with van der Waals surface area (Å²) in [5.74, 6) is -0.397. The molecule has 4 N–H and O–H groups in total. The van der Waals surface area contributed by atoms with Crippen molar-refractivity contribution in [2.24, 2.45) is 5.73 Å². The Kier molecular flexibility index (Phi) is 2.11. The highest BCUT2D eigenvalue weighted by Crippen LogP contribution is 2.36. The van der Waals surface area contributed by atoms with Crippen LogP contribution >= 0.6 is 0 Å². The summed E-state index contributed by atoms with van der Waals surface area (Å²) in [7, 11) is 0. The number of aryl methyl sites for hydroxylation is 1. The summed E-state index contributed by atoms with van der Waals surface area (Å²) in [4.78, 5) is 19.2. The predicted octanol–water partition coefficient (Wildman–Crippen LogP) is 2.08. The van der Waals surface area contributed by atoms with Crippen LogP contribution in [0.15, 0.2) is 30.7 Å². The largest absolute Gasteiger partial charge is 0.506 e. The van der Waals surface area contributed by atoms with Gasteiger partial charge in [0.15, 0.2) is 0 Å². The molecule has 0 spiro atoms. The lowest BCUT2D eigenvalue weighted by Crippen LogP contribution is -2.12. The van der Waals surface area contributed by atoms with E-state index in [1.54, 1.807) is 29.1 Å². The van der Waals surface area contributed by atoms with Crippen molar-refractivity contribution in [2.75, 3.05) is 0 Å². The molecule has 0 unspecified atom stereocenters. The molecule has 1 aromatic carbocycles. The molecule has 0 atom stereocenters. The zero-order valence-corrected chi connectivity index (χ0v) is 11.2. The van der Waals surface area contributed by atoms with Crippen molar-refractivity contribution in [3.63, 3.8) is 0 Å². The van der Waals surface area contributed by atoms with Crippen LogP contribution < -0.4 is 5.73 Å². The number of primary amides is 1. The van der Waals surface area contributed by atoms with Crippen LogP contribution in [0.1, 0.15) is 15.9 Å². The van der Waals surface area contributed by atoms with Gasteiger partial charge >= 0.3 is 0 Å². The van der Waals surface area contributed by atoms with Gasteiger partial charge in [0.25, 0.3) is 5.91 Å². The number of imidazole rings is 1. The maximum atomic E-state index is 11.7. The summed E-state index contributed by atoms with van der Waals surface area (Å²) in [5, 5.41) is 11.7. The standard InChI is InChI=1S/C15H12N4O2/c1-7-2-3-9(20)13-10(7)11-12(18-13)8(14(16)21)6-19-5-4-17-15(11)19/h2-6,18,20H,1H3,(H2,16,21). The molecule has 21 heavy (non-hydrogen) atoms. The van der Waals surface area contributed by atoms with Gasteiger partial charge in [0, 0.05) is 24.0 Å². The maximum Gasteiger partial charge on any atom is 0.252 e. The monoisotopic (exact) mass is 280 g/mol. The van der Waals surface area contributed by atoms with Crippen molar-refractivity contribution in [3.05, 3.63) is 41.9 Å². The van der Waals surface area contributed by atoms with Crippen LogP contribution in [0.25, 0.3) is 27.5 Å². The molecule has 1 amide bonds. The van der Waals surface area contributed by atoms with Gasteiger partial charge < -0.3 is 20.2 Å². The quantitative estimate of drug-likeness (QED) is 0.498. The van der Waals surface area contributed by atoms with E-state index in [1.807, 2.05) is 13.0 Å². The van der Waals surface area contributed by atoms with Crippen LogP contribution in [0.4, 0.5) is 0 Å². The number of pyridine rings is 1. The number of benzene rings is 1. The number of H-pyrrole nitrogens is 1. The molecule has 0 aliphatic heterocycles. The van der Waals surface area contributed by atoms with Gasteiger partial charge in [0.1, 0.15) is 11.4 Å². The van der Waals surface area contributed by atoms with Gasteiger partial charge in [0.05, 0.1) is 22.0 Å². The van der Waals surface area contributed by atoms with E-state index in [2.05, 4.69) is 9.97 Å². The molecule has 104 valence electrons. The Morgan fingerprint density at radius 3 is 2.90 bits per heavy atom. The normalized spacial score (nSPS) is 11.7. The molecule has 0 saturated heterocycles. The summed E-state index contributed by atoms with van der Waals surface area (Å²) in [6, 6.07) is 3.46. The average Bonchev–Trinajstić information content (AvgIpc) is 3.05. The number of phenols is 1. The van der Waals surface area contributed by atoms with Crippen LogP contribution in [0, 0.1) is 6.92 Å². The molecule has 4 aromatic rings. The minimum atomic E-state index is -0.528. The summed E-state index contributed by atoms with van der Waals surface area (Å²) in [5.41, 5.74) is 8.74. The van der Waals surface area contributed by atoms with Crippen LogP contribution in [0.2, 0.25) is 0 Å². The number of nitrogens with zero attached hydrogens (tertiary/aromatic N) is 2. The Morgan fingerprint density at radius 1 is 1.33 bits per heavy atom. The number of hydrogen-bond acceptors (Lipinski definition) is 3. The zero-order valence-electron chi connectivity index (χ0n) is 11.2. The highest BCUT2D eigenvalue weighted by atomic mass is 16.3. The fraction of sp³-hybridized carbons (Fsp3) is 0.0667. The first-order chi connectivity index (χ1) is 10.1. The van der Waals surface area contributed by atoms with Crippen molar-refractivity contribution >= 4 is 33.4 Å². The van der Waals surface area contributed by atoms with Gasteiger partial charge in [-0.25, -0.2) is 4.98 Å². The molecule has 0 radical (unpaired) electrons. The second-order valence-electron chi connectivity index (χ2n) is 5.09. The second-order valence-corrected chi connectivity index (χ2v) is 5.09. The van der Waals surface area contributed by atoms with Crippen LogP contribution in [-0.4, -0.2) is 25.4 Å². The molecular weight excluding hydrogens is 268 g/mol. The summed E-state index contributed by atoms with van der Waals surface area (Å²) >= 11 is 0. The molecule has 0 aliphatic carbocycles. The fourth-order valence-corrected chi connectivity index (χ4v) is 2.88. The van der Waals surface area contributed by atoms with Crippen LogP contribution in [0.3, 0.4) is 0 Å². The number of phenolic OH excluding ortho intramolecular Hbond substituents is 1. The third-order valence-corrected chi connectivity index (χ3v) is 3.84. The Balaban J connectivity index is 2.41. The first-order valence-corrected chi connectivity index (χ1v) is 6.47. The highest BCUT2D eigenvalue weighted by Gasteiger charge is 2.19. The van der Waals surface area contributed by atoms with Crippen LogP contribution in [0.5, 0.6) is 5.75 Å². The molecule has 3 aromatic heterocycles. The second kappa shape index (κ2) is 3.76. The Bertz CT molecular complexity index is 1040. The predicted molar refractivity (Wildman–Crippen MR) is 79.5 cm³/mol. The number of fused-ring (bicyclic) bond motifs is 5. The van der Waals surface area contributed by atoms with Gasteiger partial charge in [-0.3, -0.25) is 4.79 Å². The fourth-order valence-electron chi connectivity index (χ4n) is 2.88. The van der Waals surface area contributed by atoms with Crippen molar-refractivity contribution in [1.82, 2.24) is 14.4 Å². The summed E-state index contributed by atoms with van der Waals surface area (Å²) < 4.78 is 1.76. The Labute approximate surface area is 118 Å². The number of aromatic nitrogens is 3. The van der Waals surface area contributed by atoms with E-state index >= 15 is 0 Å². The number of nitrogens with two attached hydrogens (primary N) is 1. The van der Waals surface area contributed by atoms with E-state index in [0.717, 1.165) is 22.0 Å². The van der Waals surface area contributed by atoms with E-state index < -0.39 is 5.91 Å². The molecule has 6 heteroatoms. The van der Waals surface area contributed by atoms with Gasteiger partial charge in [0.2, 0.25) is 0 Å². The smallest absolute Gasteiger partial charge is 0.252 e. The molecule has 0 bridgehead atoms. The lowest BCUT2D eigenvalue weighted by Gasteiger charge is -2.03. The van der Waals surface area contributed by atoms with Gasteiger partial charge in [-0.2, -0.15) is 0 Å². The number of aromatic amines is 1. The van der Waals surface area contributed by atoms with Gasteiger partial charge in [-0.15, -0.1) is 0 Å². The molecule has 0 aliphatic rings. The van der Waals surface area contributed by atoms with Crippen LogP contribution in [-0.2, 0) is 0 Å². The van der Waals surface area contributed by atoms with Gasteiger partial charge in [-0.1, -0.05) is 6.07 Å². The van der Waals surface area contributed by atoms with E-state index in [9.17, 15) is 9.90 Å². The lowest BCUT2D eigenvalue weighted by atomic mass is 10.1. The topological polar surface area (TPSA) is 96.4 Å². The van der Waals surface area contributed by atoms with Crippen molar-refractivity contribution in [2.45, 2.75) is 6.92 Å². The molecule has 6 nitrogen and oxygen atoms in total. The molecule has 0 saturated carbocycles. The lowest BCUT2D eigenvalue weighted by molar-refractivity contribution is 0.100. The number of rotatable bonds is 1. The summed E-state index contributed by atoms with van der Waals surface area (Å²) in [6.07, 6.45) is 5.07. The number of carbonyl (C=O) groups excluding carboxylic acids is 1. The van der Waals surface area contributed by atoms with E-state index in [0.29, 0.717) is 16.6 Å². The van der Waals surface area contributed by atoms with Gasteiger partial charge in [-0.05, 0) is 18.6 Å². The highest BCUT2D eigenvalue weighted by molar-refractivity contribution is 6.21.